The van der Waals surface area contributed by atoms with Gasteiger partial charge in [-0.25, -0.2) is 0 Å². The highest BCUT2D eigenvalue weighted by Crippen LogP contribution is 2.24. The summed E-state index contributed by atoms with van der Waals surface area (Å²) >= 11 is 0. The van der Waals surface area contributed by atoms with Gasteiger partial charge in [0.2, 0.25) is 0 Å². The van der Waals surface area contributed by atoms with Crippen LogP contribution in [0.25, 0.3) is 0 Å². The number of carbonyl (C=O) groups excluding carboxylic acids is 2. The molecule has 1 aromatic carbocycles. The Morgan fingerprint density at radius 3 is 2.63 bits per heavy atom. The molecule has 0 unspecified atom stereocenters. The molecule has 1 fully saturated rings. The summed E-state index contributed by atoms with van der Waals surface area (Å²) in [4.78, 5) is 23.1. The summed E-state index contributed by atoms with van der Waals surface area (Å²) in [6.45, 7) is 0. The van der Waals surface area contributed by atoms with Crippen LogP contribution < -0.4 is 10.1 Å². The van der Waals surface area contributed by atoms with E-state index in [2.05, 4.69) is 5.32 Å². The zero-order valence-corrected chi connectivity index (χ0v) is 10.8. The Labute approximate surface area is 111 Å². The van der Waals surface area contributed by atoms with Crippen molar-refractivity contribution in [3.63, 3.8) is 0 Å². The van der Waals surface area contributed by atoms with Crippen molar-refractivity contribution < 1.29 is 19.4 Å². The topological polar surface area (TPSA) is 75.6 Å². The van der Waals surface area contributed by atoms with E-state index >= 15 is 0 Å². The number of ketones is 1. The number of phenols is 1. The van der Waals surface area contributed by atoms with Crippen LogP contribution in [0.1, 0.15) is 36.0 Å². The van der Waals surface area contributed by atoms with E-state index in [1.807, 2.05) is 0 Å². The standard InChI is InChI=1S/C14H17NO4/c1-19-11-6-7-12(13(17)8-11)14(18)15-9-2-4-10(16)5-3-9/h6-9,17H,2-5H2,1H3,(H,15,18). The molecule has 1 aliphatic carbocycles. The van der Waals surface area contributed by atoms with Gasteiger partial charge in [0.05, 0.1) is 12.7 Å². The van der Waals surface area contributed by atoms with E-state index in [9.17, 15) is 14.7 Å². The van der Waals surface area contributed by atoms with Gasteiger partial charge in [-0.15, -0.1) is 0 Å². The molecule has 1 saturated carbocycles. The lowest BCUT2D eigenvalue weighted by atomic mass is 9.94. The molecular weight excluding hydrogens is 246 g/mol. The smallest absolute Gasteiger partial charge is 0.255 e. The molecule has 0 bridgehead atoms. The first-order valence-electron chi connectivity index (χ1n) is 6.29. The third kappa shape index (κ3) is 3.24. The summed E-state index contributed by atoms with van der Waals surface area (Å²) in [6, 6.07) is 4.56. The van der Waals surface area contributed by atoms with Gasteiger partial charge in [0.1, 0.15) is 17.3 Å². The summed E-state index contributed by atoms with van der Waals surface area (Å²) in [5.74, 6) is 0.318. The monoisotopic (exact) mass is 263 g/mol. The lowest BCUT2D eigenvalue weighted by molar-refractivity contribution is -0.120. The molecule has 0 atom stereocenters. The quantitative estimate of drug-likeness (QED) is 0.869. The number of hydrogen-bond acceptors (Lipinski definition) is 4. The Morgan fingerprint density at radius 1 is 1.37 bits per heavy atom. The summed E-state index contributed by atoms with van der Waals surface area (Å²) in [6.07, 6.45) is 2.36. The minimum atomic E-state index is -0.320. The van der Waals surface area contributed by atoms with Gasteiger partial charge in [0.25, 0.3) is 5.91 Å². The van der Waals surface area contributed by atoms with Gasteiger partial charge in [-0.05, 0) is 25.0 Å². The van der Waals surface area contributed by atoms with E-state index in [4.69, 9.17) is 4.74 Å². The number of Topliss-reactive ketones (excluding diaryl/α,β-unsaturated/α-hetero) is 1. The van der Waals surface area contributed by atoms with E-state index in [0.29, 0.717) is 31.4 Å². The number of rotatable bonds is 3. The molecule has 2 rings (SSSR count). The third-order valence-corrected chi connectivity index (χ3v) is 3.33. The highest BCUT2D eigenvalue weighted by molar-refractivity contribution is 5.97. The molecule has 0 aromatic heterocycles. The molecule has 19 heavy (non-hydrogen) atoms. The minimum Gasteiger partial charge on any atom is -0.507 e. The second-order valence-corrected chi connectivity index (χ2v) is 4.67. The van der Waals surface area contributed by atoms with Gasteiger partial charge in [-0.1, -0.05) is 0 Å². The lowest BCUT2D eigenvalue weighted by Crippen LogP contribution is -2.37. The number of methoxy groups -OCH3 is 1. The van der Waals surface area contributed by atoms with Crippen molar-refractivity contribution in [2.45, 2.75) is 31.7 Å². The van der Waals surface area contributed by atoms with Crippen molar-refractivity contribution in [1.29, 1.82) is 0 Å². The highest BCUT2D eigenvalue weighted by Gasteiger charge is 2.21. The van der Waals surface area contributed by atoms with Crippen LogP contribution in [0.2, 0.25) is 0 Å². The molecule has 0 aliphatic heterocycles. The summed E-state index contributed by atoms with van der Waals surface area (Å²) in [5.41, 5.74) is 0.220. The fourth-order valence-corrected chi connectivity index (χ4v) is 2.18. The van der Waals surface area contributed by atoms with E-state index in [0.717, 1.165) is 0 Å². The van der Waals surface area contributed by atoms with Gasteiger partial charge in [0, 0.05) is 24.9 Å². The molecule has 0 spiro atoms. The Hall–Kier alpha value is -2.04. The molecule has 1 aliphatic rings. The second-order valence-electron chi connectivity index (χ2n) is 4.67. The average molecular weight is 263 g/mol. The Bertz CT molecular complexity index is 488. The Kier molecular flexibility index (Phi) is 4.04. The molecule has 0 heterocycles. The number of carbonyl (C=O) groups is 2. The predicted octanol–water partition coefficient (Wildman–Crippen LogP) is 1.64. The number of aromatic hydroxyl groups is 1. The van der Waals surface area contributed by atoms with Crippen LogP contribution in [0.4, 0.5) is 0 Å². The van der Waals surface area contributed by atoms with Crippen molar-refractivity contribution in [2.24, 2.45) is 0 Å². The largest absolute Gasteiger partial charge is 0.507 e. The number of amides is 1. The molecule has 0 saturated heterocycles. The molecule has 1 aromatic rings. The van der Waals surface area contributed by atoms with Crippen molar-refractivity contribution in [3.8, 4) is 11.5 Å². The first-order chi connectivity index (χ1) is 9.10. The van der Waals surface area contributed by atoms with E-state index in [1.54, 1.807) is 6.07 Å². The van der Waals surface area contributed by atoms with Gasteiger partial charge in [-0.2, -0.15) is 0 Å². The zero-order valence-electron chi connectivity index (χ0n) is 10.8. The summed E-state index contributed by atoms with van der Waals surface area (Å²) in [5, 5.41) is 12.6. The van der Waals surface area contributed by atoms with Crippen molar-refractivity contribution in [1.82, 2.24) is 5.32 Å². The van der Waals surface area contributed by atoms with Crippen LogP contribution >= 0.6 is 0 Å². The molecule has 102 valence electrons. The average Bonchev–Trinajstić information content (AvgIpc) is 2.41. The van der Waals surface area contributed by atoms with Crippen molar-refractivity contribution in [3.05, 3.63) is 23.8 Å². The van der Waals surface area contributed by atoms with Gasteiger partial charge >= 0.3 is 0 Å². The lowest BCUT2D eigenvalue weighted by Gasteiger charge is -2.22. The molecule has 5 heteroatoms. The maximum Gasteiger partial charge on any atom is 0.255 e. The second kappa shape index (κ2) is 5.73. The van der Waals surface area contributed by atoms with E-state index in [1.165, 1.54) is 19.2 Å². The summed E-state index contributed by atoms with van der Waals surface area (Å²) in [7, 11) is 1.49. The molecular formula is C14H17NO4. The SMILES string of the molecule is COc1ccc(C(=O)NC2CCC(=O)CC2)c(O)c1. The van der Waals surface area contributed by atoms with Gasteiger partial charge in [-0.3, -0.25) is 9.59 Å². The fraction of sp³-hybridized carbons (Fsp3) is 0.429. The van der Waals surface area contributed by atoms with Crippen molar-refractivity contribution in [2.75, 3.05) is 7.11 Å². The first-order valence-corrected chi connectivity index (χ1v) is 6.29. The molecule has 0 radical (unpaired) electrons. The van der Waals surface area contributed by atoms with Crippen LogP contribution in [0, 0.1) is 0 Å². The normalized spacial score (nSPS) is 16.2. The highest BCUT2D eigenvalue weighted by atomic mass is 16.5. The minimum absolute atomic E-state index is 0.00621. The predicted molar refractivity (Wildman–Crippen MR) is 69.4 cm³/mol. The maximum absolute atomic E-state index is 12.0. The number of benzene rings is 1. The number of hydrogen-bond donors (Lipinski definition) is 2. The van der Waals surface area contributed by atoms with Crippen LogP contribution in [0.3, 0.4) is 0 Å². The molecule has 1 amide bonds. The third-order valence-electron chi connectivity index (χ3n) is 3.33. The molecule has 2 N–H and O–H groups in total. The van der Waals surface area contributed by atoms with Gasteiger partial charge in [0.15, 0.2) is 0 Å². The Morgan fingerprint density at radius 2 is 2.05 bits per heavy atom. The first kappa shape index (κ1) is 13.4. The fourth-order valence-electron chi connectivity index (χ4n) is 2.18. The van der Waals surface area contributed by atoms with E-state index in [-0.39, 0.29) is 29.0 Å². The van der Waals surface area contributed by atoms with E-state index < -0.39 is 0 Å². The van der Waals surface area contributed by atoms with Crippen molar-refractivity contribution >= 4 is 11.7 Å². The maximum atomic E-state index is 12.0. The number of ether oxygens (including phenoxy) is 1. The van der Waals surface area contributed by atoms with Crippen LogP contribution in [0.5, 0.6) is 11.5 Å². The zero-order chi connectivity index (χ0) is 13.8. The van der Waals surface area contributed by atoms with Crippen LogP contribution in [-0.4, -0.2) is 29.9 Å². The number of nitrogens with one attached hydrogen (secondary N) is 1. The van der Waals surface area contributed by atoms with Crippen LogP contribution in [0.15, 0.2) is 18.2 Å². The molecule has 5 nitrogen and oxygen atoms in total. The summed E-state index contributed by atoms with van der Waals surface area (Å²) < 4.78 is 4.96. The number of phenolic OH excluding ortho intramolecular Hbond substituents is 1. The van der Waals surface area contributed by atoms with Crippen LogP contribution in [-0.2, 0) is 4.79 Å². The van der Waals surface area contributed by atoms with Gasteiger partial charge < -0.3 is 15.2 Å². The Balaban J connectivity index is 2.01.